The molecule has 1 unspecified atom stereocenters. The zero-order valence-electron chi connectivity index (χ0n) is 21.9. The van der Waals surface area contributed by atoms with Gasteiger partial charge < -0.3 is 10.2 Å². The number of piperidine rings is 1. The first-order valence-electron chi connectivity index (χ1n) is 13.8. The number of nitrogens with zero attached hydrogens (tertiary/aromatic N) is 4. The Kier molecular flexibility index (Phi) is 6.00. The van der Waals surface area contributed by atoms with Crippen LogP contribution in [0, 0.1) is 11.6 Å². The summed E-state index contributed by atoms with van der Waals surface area (Å²) in [4.78, 5) is 39.4. The van der Waals surface area contributed by atoms with Crippen molar-refractivity contribution in [1.29, 1.82) is 0 Å². The van der Waals surface area contributed by atoms with Crippen LogP contribution in [-0.2, 0) is 27.8 Å². The molecule has 1 aromatic carbocycles. The van der Waals surface area contributed by atoms with Gasteiger partial charge in [0.05, 0.1) is 23.2 Å². The van der Waals surface area contributed by atoms with E-state index in [1.807, 2.05) is 36.5 Å². The molecule has 7 nitrogen and oxygen atoms in total. The SMILES string of the molecule is O=C1C2CCCCN2C[C@@H](c2cc(F)cc(F)c2)N1C/C=C/c1cc2c(cn1)C[C@]1(C2)C(=O)Nc2ncccc21. The van der Waals surface area contributed by atoms with E-state index in [-0.39, 0.29) is 17.9 Å². The number of rotatable bonds is 4. The van der Waals surface area contributed by atoms with Gasteiger partial charge in [0.1, 0.15) is 17.5 Å². The molecule has 3 aromatic rings. The van der Waals surface area contributed by atoms with Crippen molar-refractivity contribution < 1.29 is 18.4 Å². The number of carbonyl (C=O) groups is 2. The fraction of sp³-hybridized carbons (Fsp3) is 0.355. The molecule has 0 bridgehead atoms. The summed E-state index contributed by atoms with van der Waals surface area (Å²) >= 11 is 0. The number of halogens is 2. The molecule has 40 heavy (non-hydrogen) atoms. The van der Waals surface area contributed by atoms with Gasteiger partial charge in [0.15, 0.2) is 0 Å². The summed E-state index contributed by atoms with van der Waals surface area (Å²) in [6, 6.07) is 8.69. The topological polar surface area (TPSA) is 78.4 Å². The maximum atomic E-state index is 14.1. The van der Waals surface area contributed by atoms with E-state index in [4.69, 9.17) is 0 Å². The Morgan fingerprint density at radius 2 is 1.85 bits per heavy atom. The molecule has 3 aliphatic heterocycles. The highest BCUT2D eigenvalue weighted by atomic mass is 19.1. The van der Waals surface area contributed by atoms with E-state index in [0.29, 0.717) is 37.3 Å². The number of pyridine rings is 2. The van der Waals surface area contributed by atoms with Gasteiger partial charge in [0, 0.05) is 37.1 Å². The molecule has 1 N–H and O–H groups in total. The van der Waals surface area contributed by atoms with Crippen LogP contribution in [0.3, 0.4) is 0 Å². The second-order valence-electron chi connectivity index (χ2n) is 11.3. The number of fused-ring (bicyclic) bond motifs is 4. The van der Waals surface area contributed by atoms with Crippen LogP contribution in [0.25, 0.3) is 6.08 Å². The van der Waals surface area contributed by atoms with E-state index in [1.54, 1.807) is 11.1 Å². The Morgan fingerprint density at radius 1 is 1.02 bits per heavy atom. The monoisotopic (exact) mass is 541 g/mol. The molecule has 3 atom stereocenters. The molecule has 0 saturated carbocycles. The van der Waals surface area contributed by atoms with Gasteiger partial charge >= 0.3 is 0 Å². The lowest BCUT2D eigenvalue weighted by Gasteiger charge is -2.47. The molecule has 7 rings (SSSR count). The van der Waals surface area contributed by atoms with Gasteiger partial charge in [0.25, 0.3) is 0 Å². The second kappa shape index (κ2) is 9.59. The molecule has 1 aliphatic carbocycles. The Labute approximate surface area is 230 Å². The smallest absolute Gasteiger partial charge is 0.240 e. The minimum atomic E-state index is -0.657. The van der Waals surface area contributed by atoms with Gasteiger partial charge in [-0.05, 0) is 79.3 Å². The summed E-state index contributed by atoms with van der Waals surface area (Å²) in [5, 5.41) is 2.93. The largest absolute Gasteiger partial charge is 0.329 e. The second-order valence-corrected chi connectivity index (χ2v) is 11.3. The van der Waals surface area contributed by atoms with Crippen LogP contribution in [-0.4, -0.2) is 57.3 Å². The number of nitrogens with one attached hydrogen (secondary N) is 1. The van der Waals surface area contributed by atoms with Crippen molar-refractivity contribution >= 4 is 23.7 Å². The van der Waals surface area contributed by atoms with Gasteiger partial charge in [-0.1, -0.05) is 18.6 Å². The summed E-state index contributed by atoms with van der Waals surface area (Å²) in [7, 11) is 0. The molecule has 1 spiro atoms. The molecule has 5 heterocycles. The van der Waals surface area contributed by atoms with Crippen molar-refractivity contribution in [2.24, 2.45) is 0 Å². The maximum Gasteiger partial charge on any atom is 0.240 e. The number of hydrogen-bond acceptors (Lipinski definition) is 5. The van der Waals surface area contributed by atoms with E-state index in [1.165, 1.54) is 12.1 Å². The van der Waals surface area contributed by atoms with Gasteiger partial charge in [-0.2, -0.15) is 0 Å². The zero-order chi connectivity index (χ0) is 27.4. The number of anilines is 1. The third-order valence-corrected chi connectivity index (χ3v) is 8.90. The lowest BCUT2D eigenvalue weighted by molar-refractivity contribution is -0.147. The Hall–Kier alpha value is -3.98. The van der Waals surface area contributed by atoms with E-state index in [0.717, 1.165) is 54.3 Å². The minimum absolute atomic E-state index is 0.00588. The summed E-state index contributed by atoms with van der Waals surface area (Å²) < 4.78 is 28.3. The number of hydrogen-bond donors (Lipinski definition) is 1. The summed E-state index contributed by atoms with van der Waals surface area (Å²) in [6.07, 6.45) is 11.2. The number of benzene rings is 1. The summed E-state index contributed by atoms with van der Waals surface area (Å²) in [5.41, 5.74) is 3.58. The summed E-state index contributed by atoms with van der Waals surface area (Å²) in [6.45, 7) is 1.66. The lowest BCUT2D eigenvalue weighted by atomic mass is 9.79. The highest BCUT2D eigenvalue weighted by molar-refractivity contribution is 6.06. The number of amides is 2. The van der Waals surface area contributed by atoms with Crippen molar-refractivity contribution in [2.45, 2.75) is 49.6 Å². The van der Waals surface area contributed by atoms with E-state index in [2.05, 4.69) is 20.2 Å². The van der Waals surface area contributed by atoms with Crippen molar-refractivity contribution in [3.63, 3.8) is 0 Å². The standard InChI is InChI=1S/C31H29F2N5O2/c32-22-11-19(12-23(33)14-22)27-18-37-9-2-1-7-26(37)29(39)38(27)10-4-5-24-13-20-15-31(16-21(20)17-35-24)25-6-3-8-34-28(25)36-30(31)40/h3-6,8,11-14,17,26-27H,1-2,7,9-10,15-16,18H2,(H,34,36,40)/b5-4+/t26?,27-,31-/m0/s1. The molecule has 0 radical (unpaired) electrons. The average Bonchev–Trinajstić information content (AvgIpc) is 3.46. The molecule has 2 fully saturated rings. The number of piperazine rings is 1. The number of aromatic nitrogens is 2. The van der Waals surface area contributed by atoms with E-state index >= 15 is 0 Å². The third-order valence-electron chi connectivity index (χ3n) is 8.90. The van der Waals surface area contributed by atoms with Crippen molar-refractivity contribution in [2.75, 3.05) is 25.0 Å². The average molecular weight is 542 g/mol. The van der Waals surface area contributed by atoms with Crippen LogP contribution < -0.4 is 5.32 Å². The quantitative estimate of drug-likeness (QED) is 0.536. The zero-order valence-corrected chi connectivity index (χ0v) is 21.9. The third kappa shape index (κ3) is 4.11. The first-order chi connectivity index (χ1) is 19.4. The Bertz CT molecular complexity index is 1540. The molecule has 204 valence electrons. The van der Waals surface area contributed by atoms with E-state index in [9.17, 15) is 18.4 Å². The van der Waals surface area contributed by atoms with Crippen LogP contribution in [0.1, 0.15) is 53.3 Å². The van der Waals surface area contributed by atoms with Crippen molar-refractivity contribution in [3.8, 4) is 0 Å². The molecule has 2 amide bonds. The fourth-order valence-electron chi connectivity index (χ4n) is 6.98. The molecule has 4 aliphatic rings. The highest BCUT2D eigenvalue weighted by Crippen LogP contribution is 2.46. The first-order valence-corrected chi connectivity index (χ1v) is 13.8. The predicted molar refractivity (Wildman–Crippen MR) is 145 cm³/mol. The van der Waals surface area contributed by atoms with Crippen molar-refractivity contribution in [1.82, 2.24) is 19.8 Å². The van der Waals surface area contributed by atoms with Crippen LogP contribution >= 0.6 is 0 Å². The van der Waals surface area contributed by atoms with Crippen molar-refractivity contribution in [3.05, 3.63) is 94.5 Å². The van der Waals surface area contributed by atoms with Gasteiger partial charge in [-0.15, -0.1) is 0 Å². The van der Waals surface area contributed by atoms with Crippen LogP contribution in [0.2, 0.25) is 0 Å². The minimum Gasteiger partial charge on any atom is -0.329 e. The molecule has 2 aromatic heterocycles. The van der Waals surface area contributed by atoms with Crippen LogP contribution in [0.5, 0.6) is 0 Å². The van der Waals surface area contributed by atoms with Crippen LogP contribution in [0.15, 0.2) is 54.9 Å². The fourth-order valence-corrected chi connectivity index (χ4v) is 6.98. The van der Waals surface area contributed by atoms with Gasteiger partial charge in [-0.3, -0.25) is 19.5 Å². The Balaban J connectivity index is 1.13. The highest BCUT2D eigenvalue weighted by Gasteiger charge is 2.51. The Morgan fingerprint density at radius 3 is 2.70 bits per heavy atom. The maximum absolute atomic E-state index is 14.1. The molecular formula is C31H29F2N5O2. The molecule has 9 heteroatoms. The predicted octanol–water partition coefficient (Wildman–Crippen LogP) is 4.19. The molecular weight excluding hydrogens is 512 g/mol. The lowest BCUT2D eigenvalue weighted by Crippen LogP contribution is -2.59. The first kappa shape index (κ1) is 25.0. The molecule has 2 saturated heterocycles. The number of carbonyl (C=O) groups excluding carboxylic acids is 2. The normalized spacial score (nSPS) is 25.8. The summed E-state index contributed by atoms with van der Waals surface area (Å²) in [5.74, 6) is -0.700. The van der Waals surface area contributed by atoms with Crippen LogP contribution in [0.4, 0.5) is 14.6 Å². The van der Waals surface area contributed by atoms with Gasteiger partial charge in [0.2, 0.25) is 11.8 Å². The van der Waals surface area contributed by atoms with Gasteiger partial charge in [-0.25, -0.2) is 13.8 Å². The van der Waals surface area contributed by atoms with E-state index < -0.39 is 23.1 Å².